The Balaban J connectivity index is 1.88. The smallest absolute Gasteiger partial charge is 0.178 e. The van der Waals surface area contributed by atoms with E-state index in [0.29, 0.717) is 0 Å². The fraction of sp³-hybridized carbons (Fsp3) is 0.190. The zero-order valence-corrected chi connectivity index (χ0v) is 13.4. The number of allylic oxidation sites excluding steroid dienone is 9. The van der Waals surface area contributed by atoms with Crippen LogP contribution in [0.5, 0.6) is 0 Å². The minimum Gasteiger partial charge on any atom is -0.347 e. The molecule has 1 aliphatic heterocycles. The second-order valence-corrected chi connectivity index (χ2v) is 5.74. The van der Waals surface area contributed by atoms with E-state index in [-0.39, 0.29) is 5.78 Å². The van der Waals surface area contributed by atoms with Gasteiger partial charge < -0.3 is 4.90 Å². The average Bonchev–Trinajstić information content (AvgIpc) is 2.60. The molecule has 0 aromatic heterocycles. The summed E-state index contributed by atoms with van der Waals surface area (Å²) < 4.78 is 0. The van der Waals surface area contributed by atoms with Crippen molar-refractivity contribution in [3.8, 4) is 0 Å². The number of rotatable bonds is 4. The first-order chi connectivity index (χ1) is 11.3. The number of unbranched alkanes of at least 4 members (excludes halogenated alkanes) is 1. The molecule has 0 saturated heterocycles. The molecule has 2 aliphatic rings. The molecule has 23 heavy (non-hydrogen) atoms. The van der Waals surface area contributed by atoms with Gasteiger partial charge in [-0.1, -0.05) is 55.8 Å². The van der Waals surface area contributed by atoms with Crippen LogP contribution in [-0.4, -0.2) is 12.3 Å². The molecule has 1 aromatic carbocycles. The second-order valence-electron chi connectivity index (χ2n) is 5.74. The number of carbonyl (C=O) groups is 1. The Labute approximate surface area is 137 Å². The fourth-order valence-electron chi connectivity index (χ4n) is 2.74. The number of hydrogen-bond donors (Lipinski definition) is 0. The molecular formula is C21H21NO. The first-order valence-corrected chi connectivity index (χ1v) is 8.14. The van der Waals surface area contributed by atoms with Gasteiger partial charge in [0.15, 0.2) is 5.78 Å². The summed E-state index contributed by atoms with van der Waals surface area (Å²) in [6, 6.07) is 8.51. The predicted molar refractivity (Wildman–Crippen MR) is 97.2 cm³/mol. The van der Waals surface area contributed by atoms with E-state index in [4.69, 9.17) is 0 Å². The van der Waals surface area contributed by atoms with Crippen molar-refractivity contribution in [3.63, 3.8) is 0 Å². The number of nitrogens with zero attached hydrogens (tertiary/aromatic N) is 1. The topological polar surface area (TPSA) is 20.3 Å². The summed E-state index contributed by atoms with van der Waals surface area (Å²) in [5.74, 6) is 0.0456. The molecule has 116 valence electrons. The molecule has 1 heterocycles. The summed E-state index contributed by atoms with van der Waals surface area (Å²) in [6.07, 6.45) is 17.8. The molecule has 0 amide bonds. The molecule has 0 saturated carbocycles. The van der Waals surface area contributed by atoms with Crippen molar-refractivity contribution in [3.05, 3.63) is 84.1 Å². The maximum absolute atomic E-state index is 11.2. The second kappa shape index (κ2) is 7.10. The van der Waals surface area contributed by atoms with E-state index < -0.39 is 0 Å². The highest BCUT2D eigenvalue weighted by Gasteiger charge is 2.14. The molecule has 0 N–H and O–H groups in total. The quantitative estimate of drug-likeness (QED) is 0.794. The third-order valence-corrected chi connectivity index (χ3v) is 4.05. The van der Waals surface area contributed by atoms with Crippen LogP contribution in [0.25, 0.3) is 5.57 Å². The van der Waals surface area contributed by atoms with Crippen LogP contribution >= 0.6 is 0 Å². The highest BCUT2D eigenvalue weighted by Crippen LogP contribution is 2.33. The Morgan fingerprint density at radius 3 is 2.57 bits per heavy atom. The minimum absolute atomic E-state index is 0.0456. The summed E-state index contributed by atoms with van der Waals surface area (Å²) in [6.45, 7) is 3.26. The molecule has 0 radical (unpaired) electrons. The van der Waals surface area contributed by atoms with E-state index in [9.17, 15) is 4.79 Å². The van der Waals surface area contributed by atoms with Crippen molar-refractivity contribution in [1.29, 1.82) is 0 Å². The Hall–Kier alpha value is -2.61. The fourth-order valence-corrected chi connectivity index (χ4v) is 2.74. The standard InChI is InChI=1S/C21H21NO/c1-2-3-15-22-16-14-18(20-6-4-5-7-21(20)22)11-8-17-9-12-19(23)13-10-17/h4-14,16H,2-3,15H2,1H3/b18-11+. The van der Waals surface area contributed by atoms with Crippen LogP contribution in [0.3, 0.4) is 0 Å². The lowest BCUT2D eigenvalue weighted by molar-refractivity contribution is -0.110. The molecule has 0 unspecified atom stereocenters. The molecular weight excluding hydrogens is 282 g/mol. The van der Waals surface area contributed by atoms with Crippen molar-refractivity contribution in [2.45, 2.75) is 19.8 Å². The van der Waals surface area contributed by atoms with Crippen LogP contribution in [0.1, 0.15) is 25.3 Å². The number of hydrogen-bond acceptors (Lipinski definition) is 2. The van der Waals surface area contributed by atoms with Gasteiger partial charge in [0, 0.05) is 24.0 Å². The van der Waals surface area contributed by atoms with E-state index in [1.165, 1.54) is 29.7 Å². The maximum Gasteiger partial charge on any atom is 0.178 e. The van der Waals surface area contributed by atoms with Gasteiger partial charge in [-0.2, -0.15) is 0 Å². The molecule has 0 fully saturated rings. The van der Waals surface area contributed by atoms with Gasteiger partial charge in [-0.05, 0) is 41.9 Å². The van der Waals surface area contributed by atoms with Gasteiger partial charge in [0.05, 0.1) is 0 Å². The van der Waals surface area contributed by atoms with Gasteiger partial charge in [0.25, 0.3) is 0 Å². The highest BCUT2D eigenvalue weighted by molar-refractivity contribution is 6.01. The normalized spacial score (nSPS) is 17.8. The van der Waals surface area contributed by atoms with Crippen molar-refractivity contribution in [2.24, 2.45) is 0 Å². The predicted octanol–water partition coefficient (Wildman–Crippen LogP) is 4.83. The first kappa shape index (κ1) is 15.3. The van der Waals surface area contributed by atoms with Crippen LogP contribution in [-0.2, 0) is 4.79 Å². The van der Waals surface area contributed by atoms with Gasteiger partial charge in [-0.15, -0.1) is 0 Å². The number of ketones is 1. The van der Waals surface area contributed by atoms with Gasteiger partial charge in [-0.25, -0.2) is 0 Å². The molecule has 0 bridgehead atoms. The molecule has 2 nitrogen and oxygen atoms in total. The Morgan fingerprint density at radius 1 is 1.00 bits per heavy atom. The van der Waals surface area contributed by atoms with E-state index in [1.807, 2.05) is 12.2 Å². The third-order valence-electron chi connectivity index (χ3n) is 4.05. The first-order valence-electron chi connectivity index (χ1n) is 8.14. The molecule has 3 rings (SSSR count). The zero-order valence-electron chi connectivity index (χ0n) is 13.4. The summed E-state index contributed by atoms with van der Waals surface area (Å²) in [7, 11) is 0. The minimum atomic E-state index is 0.0456. The average molecular weight is 303 g/mol. The van der Waals surface area contributed by atoms with Crippen molar-refractivity contribution >= 4 is 17.0 Å². The number of anilines is 1. The molecule has 2 heteroatoms. The molecule has 0 atom stereocenters. The zero-order chi connectivity index (χ0) is 16.1. The number of carbonyl (C=O) groups excluding carboxylic acids is 1. The van der Waals surface area contributed by atoms with E-state index in [1.54, 1.807) is 12.2 Å². The molecule has 1 aromatic rings. The Morgan fingerprint density at radius 2 is 1.78 bits per heavy atom. The summed E-state index contributed by atoms with van der Waals surface area (Å²) in [4.78, 5) is 13.5. The van der Waals surface area contributed by atoms with Gasteiger partial charge >= 0.3 is 0 Å². The van der Waals surface area contributed by atoms with Crippen LogP contribution in [0, 0.1) is 0 Å². The van der Waals surface area contributed by atoms with Crippen LogP contribution < -0.4 is 4.90 Å². The van der Waals surface area contributed by atoms with Crippen molar-refractivity contribution in [1.82, 2.24) is 0 Å². The maximum atomic E-state index is 11.2. The Kier molecular flexibility index (Phi) is 4.72. The number of para-hydroxylation sites is 1. The van der Waals surface area contributed by atoms with Crippen LogP contribution in [0.2, 0.25) is 0 Å². The van der Waals surface area contributed by atoms with Gasteiger partial charge in [0.1, 0.15) is 0 Å². The lowest BCUT2D eigenvalue weighted by atomic mass is 9.98. The monoisotopic (exact) mass is 303 g/mol. The lowest BCUT2D eigenvalue weighted by Crippen LogP contribution is -2.20. The largest absolute Gasteiger partial charge is 0.347 e. The van der Waals surface area contributed by atoms with Crippen molar-refractivity contribution < 1.29 is 4.79 Å². The van der Waals surface area contributed by atoms with Gasteiger partial charge in [-0.3, -0.25) is 4.79 Å². The SMILES string of the molecule is CCCCN1C=C/C(=C\C=C2C=CC(=O)C=C2)c2ccccc21. The summed E-state index contributed by atoms with van der Waals surface area (Å²) in [5, 5.41) is 0. The molecule has 1 aliphatic carbocycles. The number of fused-ring (bicyclic) bond motifs is 1. The van der Waals surface area contributed by atoms with Crippen LogP contribution in [0.4, 0.5) is 5.69 Å². The van der Waals surface area contributed by atoms with E-state index in [2.05, 4.69) is 60.5 Å². The van der Waals surface area contributed by atoms with E-state index >= 15 is 0 Å². The number of benzene rings is 1. The highest BCUT2D eigenvalue weighted by atomic mass is 16.1. The summed E-state index contributed by atoms with van der Waals surface area (Å²) in [5.41, 5.74) is 4.75. The third kappa shape index (κ3) is 3.59. The van der Waals surface area contributed by atoms with Gasteiger partial charge in [0.2, 0.25) is 0 Å². The Bertz CT molecular complexity index is 729. The summed E-state index contributed by atoms with van der Waals surface area (Å²) >= 11 is 0. The van der Waals surface area contributed by atoms with Crippen molar-refractivity contribution in [2.75, 3.05) is 11.4 Å². The van der Waals surface area contributed by atoms with Crippen LogP contribution in [0.15, 0.2) is 78.6 Å². The molecule has 0 spiro atoms. The lowest BCUT2D eigenvalue weighted by Gasteiger charge is -2.27. The van der Waals surface area contributed by atoms with E-state index in [0.717, 1.165) is 12.1 Å².